The summed E-state index contributed by atoms with van der Waals surface area (Å²) in [5, 5.41) is 22.8. The number of likely N-dealkylation sites (tertiary alicyclic amines) is 1. The number of H-pyrrole nitrogens is 1. The molecular weight excluding hydrogens is 404 g/mol. The molecule has 1 fully saturated rings. The monoisotopic (exact) mass is 432 g/mol. The van der Waals surface area contributed by atoms with Gasteiger partial charge in [0.25, 0.3) is 0 Å². The van der Waals surface area contributed by atoms with Gasteiger partial charge >= 0.3 is 5.97 Å². The smallest absolute Gasteiger partial charge is 0.335 e. The molecule has 3 N–H and O–H groups in total. The van der Waals surface area contributed by atoms with Crippen LogP contribution in [0.4, 0.5) is 5.69 Å². The second-order valence-electron chi connectivity index (χ2n) is 8.24. The van der Waals surface area contributed by atoms with Crippen molar-refractivity contribution in [1.29, 1.82) is 5.26 Å². The molecule has 0 radical (unpaired) electrons. The maximum Gasteiger partial charge on any atom is 0.335 e. The number of aromatic nitrogens is 1. The molecule has 166 valence electrons. The SMILES string of the molecule is COc1cc(C)c2[nH]ccc2c1CN1CCCC[C@H]1c1ccc(C(=O)O)cc1NCC#N. The fourth-order valence-electron chi connectivity index (χ4n) is 4.78. The van der Waals surface area contributed by atoms with Crippen LogP contribution in [-0.4, -0.2) is 41.2 Å². The fourth-order valence-corrected chi connectivity index (χ4v) is 4.78. The second-order valence-corrected chi connectivity index (χ2v) is 8.24. The molecule has 1 aliphatic rings. The van der Waals surface area contributed by atoms with Gasteiger partial charge in [-0.3, -0.25) is 4.90 Å². The molecule has 1 aliphatic heterocycles. The lowest BCUT2D eigenvalue weighted by Gasteiger charge is -2.37. The summed E-state index contributed by atoms with van der Waals surface area (Å²) >= 11 is 0. The van der Waals surface area contributed by atoms with Gasteiger partial charge in [-0.05, 0) is 61.7 Å². The zero-order valence-electron chi connectivity index (χ0n) is 18.4. The number of aromatic carboxylic acids is 1. The molecule has 7 heteroatoms. The molecule has 4 rings (SSSR count). The number of carboxylic acids is 1. The maximum absolute atomic E-state index is 11.5. The summed E-state index contributed by atoms with van der Waals surface area (Å²) in [6.07, 6.45) is 5.14. The summed E-state index contributed by atoms with van der Waals surface area (Å²) in [5.74, 6) is -0.0979. The zero-order chi connectivity index (χ0) is 22.7. The lowest BCUT2D eigenvalue weighted by Crippen LogP contribution is -2.33. The van der Waals surface area contributed by atoms with Crippen LogP contribution in [0.3, 0.4) is 0 Å². The number of carbonyl (C=O) groups is 1. The Balaban J connectivity index is 1.73. The molecule has 7 nitrogen and oxygen atoms in total. The number of fused-ring (bicyclic) bond motifs is 1. The first-order valence-electron chi connectivity index (χ1n) is 10.9. The van der Waals surface area contributed by atoms with Gasteiger partial charge in [0, 0.05) is 40.9 Å². The largest absolute Gasteiger partial charge is 0.496 e. The molecule has 2 heterocycles. The van der Waals surface area contributed by atoms with Crippen molar-refractivity contribution in [1.82, 2.24) is 9.88 Å². The van der Waals surface area contributed by atoms with E-state index < -0.39 is 5.97 Å². The van der Waals surface area contributed by atoms with Gasteiger partial charge in [0.2, 0.25) is 0 Å². The third-order valence-corrected chi connectivity index (χ3v) is 6.32. The van der Waals surface area contributed by atoms with E-state index in [2.05, 4.69) is 40.3 Å². The number of nitriles is 1. The summed E-state index contributed by atoms with van der Waals surface area (Å²) < 4.78 is 5.75. The zero-order valence-corrected chi connectivity index (χ0v) is 18.4. The van der Waals surface area contributed by atoms with E-state index in [-0.39, 0.29) is 18.2 Å². The summed E-state index contributed by atoms with van der Waals surface area (Å²) in [7, 11) is 1.71. The number of benzene rings is 2. The number of hydrogen-bond donors (Lipinski definition) is 3. The molecule has 0 bridgehead atoms. The number of ether oxygens (including phenoxy) is 1. The Kier molecular flexibility index (Phi) is 6.33. The number of nitrogens with zero attached hydrogens (tertiary/aromatic N) is 2. The first-order chi connectivity index (χ1) is 15.5. The molecule has 3 aromatic rings. The lowest BCUT2D eigenvalue weighted by molar-refractivity contribution is 0.0697. The average Bonchev–Trinajstić information content (AvgIpc) is 3.30. The first-order valence-corrected chi connectivity index (χ1v) is 10.9. The van der Waals surface area contributed by atoms with Crippen LogP contribution in [0.2, 0.25) is 0 Å². The van der Waals surface area contributed by atoms with Crippen molar-refractivity contribution in [3.05, 3.63) is 58.8 Å². The molecule has 1 atom stereocenters. The van der Waals surface area contributed by atoms with Gasteiger partial charge in [-0.15, -0.1) is 0 Å². The third kappa shape index (κ3) is 4.14. The van der Waals surface area contributed by atoms with Gasteiger partial charge in [0.05, 0.1) is 18.7 Å². The van der Waals surface area contributed by atoms with E-state index in [4.69, 9.17) is 10.00 Å². The molecule has 0 spiro atoms. The normalized spacial score (nSPS) is 16.6. The molecule has 0 aliphatic carbocycles. The highest BCUT2D eigenvalue weighted by Crippen LogP contribution is 2.39. The van der Waals surface area contributed by atoms with Crippen molar-refractivity contribution in [2.24, 2.45) is 0 Å². The Morgan fingerprint density at radius 2 is 2.19 bits per heavy atom. The Morgan fingerprint density at radius 3 is 2.94 bits per heavy atom. The first kappa shape index (κ1) is 21.7. The van der Waals surface area contributed by atoms with E-state index in [1.165, 1.54) is 0 Å². The van der Waals surface area contributed by atoms with Crippen molar-refractivity contribution < 1.29 is 14.6 Å². The number of methoxy groups -OCH3 is 1. The van der Waals surface area contributed by atoms with Gasteiger partial charge in [0.15, 0.2) is 0 Å². The van der Waals surface area contributed by atoms with Crippen molar-refractivity contribution in [2.45, 2.75) is 38.8 Å². The average molecular weight is 433 g/mol. The van der Waals surface area contributed by atoms with Crippen molar-refractivity contribution >= 4 is 22.6 Å². The molecular formula is C25H28N4O3. The Morgan fingerprint density at radius 1 is 1.34 bits per heavy atom. The van der Waals surface area contributed by atoms with Crippen LogP contribution >= 0.6 is 0 Å². The highest BCUT2D eigenvalue weighted by Gasteiger charge is 2.28. The Labute approximate surface area is 187 Å². The highest BCUT2D eigenvalue weighted by molar-refractivity contribution is 5.89. The minimum atomic E-state index is -0.976. The van der Waals surface area contributed by atoms with Crippen LogP contribution < -0.4 is 10.1 Å². The number of aryl methyl sites for hydroxylation is 1. The number of piperidine rings is 1. The maximum atomic E-state index is 11.5. The second kappa shape index (κ2) is 9.33. The van der Waals surface area contributed by atoms with Gasteiger partial charge in [-0.1, -0.05) is 12.5 Å². The van der Waals surface area contributed by atoms with Crippen LogP contribution in [0, 0.1) is 18.3 Å². The van der Waals surface area contributed by atoms with Gasteiger partial charge in [-0.2, -0.15) is 5.26 Å². The summed E-state index contributed by atoms with van der Waals surface area (Å²) in [6, 6.07) is 11.6. The lowest BCUT2D eigenvalue weighted by atomic mass is 9.92. The van der Waals surface area contributed by atoms with Gasteiger partial charge in [-0.25, -0.2) is 4.79 Å². The highest BCUT2D eigenvalue weighted by atomic mass is 16.5. The predicted molar refractivity (Wildman–Crippen MR) is 124 cm³/mol. The number of anilines is 1. The molecule has 2 aromatic carbocycles. The van der Waals surface area contributed by atoms with Crippen LogP contribution in [-0.2, 0) is 6.54 Å². The number of hydrogen-bond acceptors (Lipinski definition) is 5. The molecule has 0 amide bonds. The van der Waals surface area contributed by atoms with E-state index in [9.17, 15) is 9.90 Å². The fraction of sp³-hybridized carbons (Fsp3) is 0.360. The number of nitrogens with one attached hydrogen (secondary N) is 2. The van der Waals surface area contributed by atoms with Crippen LogP contribution in [0.1, 0.15) is 52.4 Å². The van der Waals surface area contributed by atoms with Crippen LogP contribution in [0.5, 0.6) is 5.75 Å². The van der Waals surface area contributed by atoms with Crippen LogP contribution in [0.15, 0.2) is 36.5 Å². The standard InChI is InChI=1S/C25H28N4O3/c1-16-13-23(32-2)20(18-8-10-28-24(16)18)15-29-12-4-3-5-22(29)19-7-6-17(25(30)31)14-21(19)27-11-9-26/h6-8,10,13-14,22,27-28H,3-5,11-12,15H2,1-2H3,(H,30,31)/t22-/m0/s1. The topological polar surface area (TPSA) is 101 Å². The van der Waals surface area contributed by atoms with Gasteiger partial charge in [0.1, 0.15) is 12.3 Å². The van der Waals surface area contributed by atoms with E-state index >= 15 is 0 Å². The van der Waals surface area contributed by atoms with E-state index in [0.29, 0.717) is 5.69 Å². The predicted octanol–water partition coefficient (Wildman–Crippen LogP) is 4.85. The molecule has 0 unspecified atom stereocenters. The summed E-state index contributed by atoms with van der Waals surface area (Å²) in [4.78, 5) is 17.3. The summed E-state index contributed by atoms with van der Waals surface area (Å²) in [6.45, 7) is 3.86. The summed E-state index contributed by atoms with van der Waals surface area (Å²) in [5.41, 5.74) is 5.37. The van der Waals surface area contributed by atoms with Crippen molar-refractivity contribution in [2.75, 3.05) is 25.5 Å². The molecule has 0 saturated carbocycles. The van der Waals surface area contributed by atoms with Crippen LogP contribution in [0.25, 0.3) is 10.9 Å². The van der Waals surface area contributed by atoms with Crippen molar-refractivity contribution in [3.63, 3.8) is 0 Å². The van der Waals surface area contributed by atoms with Crippen molar-refractivity contribution in [3.8, 4) is 11.8 Å². The minimum Gasteiger partial charge on any atom is -0.496 e. The molecule has 1 saturated heterocycles. The van der Waals surface area contributed by atoms with E-state index in [1.807, 2.05) is 12.3 Å². The Hall–Kier alpha value is -3.50. The third-order valence-electron chi connectivity index (χ3n) is 6.32. The number of rotatable bonds is 7. The quantitative estimate of drug-likeness (QED) is 0.462. The molecule has 1 aromatic heterocycles. The Bertz CT molecular complexity index is 1180. The van der Waals surface area contributed by atoms with Gasteiger partial charge < -0.3 is 20.1 Å². The number of carboxylic acid groups (broad SMARTS) is 1. The van der Waals surface area contributed by atoms with E-state index in [1.54, 1.807) is 19.2 Å². The number of aromatic amines is 1. The minimum absolute atomic E-state index is 0.118. The van der Waals surface area contributed by atoms with E-state index in [0.717, 1.165) is 65.7 Å². The molecule has 32 heavy (non-hydrogen) atoms.